The highest BCUT2D eigenvalue weighted by Crippen LogP contribution is 2.34. The molecule has 228 valence electrons. The number of carbonyl (C=O) groups excluding carboxylic acids is 3. The average molecular weight is 589 g/mol. The molecule has 0 saturated heterocycles. The third-order valence-corrected chi connectivity index (χ3v) is 7.87. The summed E-state index contributed by atoms with van der Waals surface area (Å²) in [4.78, 5) is 41.4. The Bertz CT molecular complexity index is 1250. The van der Waals surface area contributed by atoms with Crippen molar-refractivity contribution >= 4 is 17.7 Å². The van der Waals surface area contributed by atoms with E-state index in [1.807, 2.05) is 31.2 Å². The number of fused-ring (bicyclic) bond motifs is 1. The number of halogens is 3. The Morgan fingerprint density at radius 3 is 2.33 bits per heavy atom. The van der Waals surface area contributed by atoms with Crippen LogP contribution in [0.25, 0.3) is 0 Å². The molecule has 0 aromatic heterocycles. The van der Waals surface area contributed by atoms with E-state index in [-0.39, 0.29) is 24.3 Å². The van der Waals surface area contributed by atoms with Gasteiger partial charge in [0.1, 0.15) is 23.9 Å². The zero-order valence-corrected chi connectivity index (χ0v) is 24.2. The van der Waals surface area contributed by atoms with Crippen molar-refractivity contribution in [2.45, 2.75) is 76.4 Å². The smallest absolute Gasteiger partial charge is 0.416 e. The lowest BCUT2D eigenvalue weighted by Gasteiger charge is -2.31. The fraction of sp³-hybridized carbons (Fsp3) is 0.516. The van der Waals surface area contributed by atoms with Crippen LogP contribution in [0, 0.1) is 5.92 Å². The summed E-state index contributed by atoms with van der Waals surface area (Å²) in [6, 6.07) is 9.79. The minimum Gasteiger partial charge on any atom is -0.489 e. The van der Waals surface area contributed by atoms with Crippen LogP contribution in [0.3, 0.4) is 0 Å². The van der Waals surface area contributed by atoms with Crippen LogP contribution in [0.4, 0.5) is 13.2 Å². The average Bonchev–Trinajstić information content (AvgIpc) is 3.79. The van der Waals surface area contributed by atoms with E-state index in [0.29, 0.717) is 31.5 Å². The number of alkyl halides is 3. The Morgan fingerprint density at radius 2 is 1.67 bits per heavy atom. The van der Waals surface area contributed by atoms with Crippen molar-refractivity contribution in [2.75, 3.05) is 20.1 Å². The zero-order valence-electron chi connectivity index (χ0n) is 24.2. The van der Waals surface area contributed by atoms with Crippen molar-refractivity contribution in [3.05, 3.63) is 65.2 Å². The molecule has 1 fully saturated rings. The number of nitrogens with one attached hydrogen (secondary N) is 3. The van der Waals surface area contributed by atoms with E-state index in [1.165, 1.54) is 17.0 Å². The number of aryl methyl sites for hydroxylation is 1. The molecule has 3 amide bonds. The number of hydrogen-bond acceptors (Lipinski definition) is 5. The Morgan fingerprint density at radius 1 is 0.976 bits per heavy atom. The summed E-state index contributed by atoms with van der Waals surface area (Å²) in [5.41, 5.74) is 0.647. The summed E-state index contributed by atoms with van der Waals surface area (Å²) in [5, 5.41) is 8.95. The van der Waals surface area contributed by atoms with Crippen LogP contribution in [0.1, 0.15) is 49.8 Å². The molecule has 0 bridgehead atoms. The molecule has 1 heterocycles. The number of nitrogens with zero attached hydrogens (tertiary/aromatic N) is 1. The van der Waals surface area contributed by atoms with Crippen molar-refractivity contribution in [3.8, 4) is 5.75 Å². The quantitative estimate of drug-likeness (QED) is 0.510. The van der Waals surface area contributed by atoms with Crippen LogP contribution in [0.5, 0.6) is 5.75 Å². The normalized spacial score (nSPS) is 25.4. The summed E-state index contributed by atoms with van der Waals surface area (Å²) < 4.78 is 45.4. The van der Waals surface area contributed by atoms with E-state index in [4.69, 9.17) is 4.74 Å². The number of benzene rings is 2. The van der Waals surface area contributed by atoms with Crippen LogP contribution in [-0.4, -0.2) is 67.0 Å². The van der Waals surface area contributed by atoms with E-state index >= 15 is 0 Å². The minimum absolute atomic E-state index is 0.0130. The van der Waals surface area contributed by atoms with Crippen LogP contribution in [0.2, 0.25) is 0 Å². The topological polar surface area (TPSA) is 99.8 Å². The second-order valence-corrected chi connectivity index (χ2v) is 11.2. The standard InChI is InChI=1S/C31H39F3N4O4/c1-19-18-36-27(23-12-13-23)30(41)38(3)20(2)28(39)37-25(17-21-10-14-24(15-11-21)31(32,33)34)29(40)35-16-6-8-22-7-4-5-9-26(22)42-19/h4-5,7,9-11,14-15,19-20,23,25,27,36H,6,8,12-13,16-18H2,1-3H3,(H,35,40)(H,37,39)/t19-,20-,25-,27+/m1/s1. The van der Waals surface area contributed by atoms with Crippen molar-refractivity contribution < 1.29 is 32.3 Å². The van der Waals surface area contributed by atoms with Gasteiger partial charge < -0.3 is 25.6 Å². The molecule has 1 aliphatic heterocycles. The third kappa shape index (κ3) is 8.24. The summed E-state index contributed by atoms with van der Waals surface area (Å²) in [7, 11) is 1.56. The van der Waals surface area contributed by atoms with Gasteiger partial charge in [0.25, 0.3) is 0 Å². The maximum absolute atomic E-state index is 13.5. The summed E-state index contributed by atoms with van der Waals surface area (Å²) >= 11 is 0. The van der Waals surface area contributed by atoms with E-state index < -0.39 is 41.7 Å². The fourth-order valence-electron chi connectivity index (χ4n) is 5.03. The first-order chi connectivity index (χ1) is 19.9. The lowest BCUT2D eigenvalue weighted by molar-refractivity contribution is -0.141. The number of likely N-dealkylation sites (N-methyl/N-ethyl adjacent to an activating group) is 1. The number of hydrogen-bond donors (Lipinski definition) is 3. The molecule has 4 rings (SSSR count). The molecule has 0 radical (unpaired) electrons. The molecule has 11 heteroatoms. The lowest BCUT2D eigenvalue weighted by atomic mass is 10.0. The molecular formula is C31H39F3N4O4. The molecule has 1 aliphatic carbocycles. The molecule has 0 spiro atoms. The first kappa shape index (κ1) is 31.3. The van der Waals surface area contributed by atoms with Gasteiger partial charge in [-0.3, -0.25) is 14.4 Å². The second-order valence-electron chi connectivity index (χ2n) is 11.2. The van der Waals surface area contributed by atoms with Gasteiger partial charge in [-0.2, -0.15) is 13.2 Å². The zero-order chi connectivity index (χ0) is 30.4. The maximum Gasteiger partial charge on any atom is 0.416 e. The predicted molar refractivity (Wildman–Crippen MR) is 152 cm³/mol. The van der Waals surface area contributed by atoms with Crippen LogP contribution >= 0.6 is 0 Å². The van der Waals surface area contributed by atoms with Crippen LogP contribution < -0.4 is 20.7 Å². The Hall–Kier alpha value is -3.60. The van der Waals surface area contributed by atoms with Gasteiger partial charge in [-0.1, -0.05) is 30.3 Å². The van der Waals surface area contributed by atoms with Gasteiger partial charge in [0.2, 0.25) is 17.7 Å². The predicted octanol–water partition coefficient (Wildman–Crippen LogP) is 3.48. The van der Waals surface area contributed by atoms with E-state index in [1.54, 1.807) is 14.0 Å². The molecule has 3 N–H and O–H groups in total. The van der Waals surface area contributed by atoms with Gasteiger partial charge in [0.15, 0.2) is 0 Å². The Balaban J connectivity index is 1.56. The van der Waals surface area contributed by atoms with Crippen molar-refractivity contribution in [3.63, 3.8) is 0 Å². The van der Waals surface area contributed by atoms with Gasteiger partial charge in [0.05, 0.1) is 11.6 Å². The van der Waals surface area contributed by atoms with E-state index in [2.05, 4.69) is 16.0 Å². The van der Waals surface area contributed by atoms with Crippen molar-refractivity contribution in [1.82, 2.24) is 20.9 Å². The molecule has 4 atom stereocenters. The van der Waals surface area contributed by atoms with Gasteiger partial charge in [0, 0.05) is 26.6 Å². The van der Waals surface area contributed by atoms with E-state index in [9.17, 15) is 27.6 Å². The number of rotatable bonds is 3. The monoisotopic (exact) mass is 588 g/mol. The first-order valence-corrected chi connectivity index (χ1v) is 14.4. The summed E-state index contributed by atoms with van der Waals surface area (Å²) in [6.45, 7) is 4.29. The van der Waals surface area contributed by atoms with Crippen molar-refractivity contribution in [1.29, 1.82) is 0 Å². The fourth-order valence-corrected chi connectivity index (χ4v) is 5.03. The largest absolute Gasteiger partial charge is 0.489 e. The molecule has 2 aromatic rings. The molecule has 1 saturated carbocycles. The Labute approximate surface area is 244 Å². The van der Waals surface area contributed by atoms with Gasteiger partial charge in [-0.25, -0.2) is 0 Å². The minimum atomic E-state index is -4.48. The number of para-hydroxylation sites is 1. The van der Waals surface area contributed by atoms with Crippen LogP contribution in [0.15, 0.2) is 48.5 Å². The van der Waals surface area contributed by atoms with Crippen LogP contribution in [-0.2, 0) is 33.4 Å². The number of amides is 3. The Kier molecular flexibility index (Phi) is 10.1. The van der Waals surface area contributed by atoms with Gasteiger partial charge in [-0.15, -0.1) is 0 Å². The number of ether oxygens (including phenoxy) is 1. The lowest BCUT2D eigenvalue weighted by Crippen LogP contribution is -2.57. The molecular weight excluding hydrogens is 549 g/mol. The van der Waals surface area contributed by atoms with Crippen molar-refractivity contribution in [2.24, 2.45) is 5.92 Å². The molecule has 0 unspecified atom stereocenters. The summed E-state index contributed by atoms with van der Waals surface area (Å²) in [5.74, 6) is -0.303. The third-order valence-electron chi connectivity index (χ3n) is 7.87. The highest BCUT2D eigenvalue weighted by molar-refractivity contribution is 5.93. The second kappa shape index (κ2) is 13.6. The summed E-state index contributed by atoms with van der Waals surface area (Å²) in [6.07, 6.45) is -1.65. The van der Waals surface area contributed by atoms with Gasteiger partial charge in [-0.05, 0) is 74.8 Å². The van der Waals surface area contributed by atoms with E-state index in [0.717, 1.165) is 36.3 Å². The molecule has 2 aliphatic rings. The SMILES string of the molecule is C[C@@H]1CN[C@@H](C2CC2)C(=O)N(C)[C@H](C)C(=O)N[C@H](Cc2ccc(C(F)(F)F)cc2)C(=O)NCCCc2ccccc2O1. The maximum atomic E-state index is 13.5. The highest BCUT2D eigenvalue weighted by Gasteiger charge is 2.40. The molecule has 42 heavy (non-hydrogen) atoms. The molecule has 8 nitrogen and oxygen atoms in total. The highest BCUT2D eigenvalue weighted by atomic mass is 19.4. The van der Waals surface area contributed by atoms with Gasteiger partial charge >= 0.3 is 6.18 Å². The molecule has 2 aromatic carbocycles. The number of carbonyl (C=O) groups is 3. The first-order valence-electron chi connectivity index (χ1n) is 14.4.